The molecule has 3 rings (SSSR count). The third kappa shape index (κ3) is 2.31. The number of hydrogen-bond donors (Lipinski definition) is 0. The van der Waals surface area contributed by atoms with Crippen LogP contribution in [0.25, 0.3) is 0 Å². The van der Waals surface area contributed by atoms with Crippen LogP contribution in [-0.4, -0.2) is 24.0 Å². The summed E-state index contributed by atoms with van der Waals surface area (Å²) in [5.41, 5.74) is 0. The summed E-state index contributed by atoms with van der Waals surface area (Å²) in [5.74, 6) is 2.00. The first-order chi connectivity index (χ1) is 6.79. The van der Waals surface area contributed by atoms with E-state index >= 15 is 0 Å². The van der Waals surface area contributed by atoms with Crippen molar-refractivity contribution < 1.29 is 0 Å². The predicted molar refractivity (Wildman–Crippen MR) is 61.4 cm³/mol. The molecule has 3 saturated heterocycles. The SMILES string of the molecule is CCC(C)CC1CC2CCCN1CC2. The van der Waals surface area contributed by atoms with Crippen molar-refractivity contribution >= 4 is 0 Å². The molecule has 0 aliphatic carbocycles. The van der Waals surface area contributed by atoms with Gasteiger partial charge in [0.2, 0.25) is 0 Å². The van der Waals surface area contributed by atoms with Gasteiger partial charge < -0.3 is 4.90 Å². The highest BCUT2D eigenvalue weighted by Crippen LogP contribution is 2.33. The Morgan fingerprint density at radius 3 is 2.93 bits per heavy atom. The maximum atomic E-state index is 2.77. The first-order valence-corrected chi connectivity index (χ1v) is 6.53. The molecular formula is C13H25N. The summed E-state index contributed by atoms with van der Waals surface area (Å²) in [5, 5.41) is 0. The highest BCUT2D eigenvalue weighted by molar-refractivity contribution is 4.86. The summed E-state index contributed by atoms with van der Waals surface area (Å²) in [7, 11) is 0. The first-order valence-electron chi connectivity index (χ1n) is 6.53. The second-order valence-corrected chi connectivity index (χ2v) is 5.47. The number of piperidine rings is 1. The van der Waals surface area contributed by atoms with E-state index in [9.17, 15) is 0 Å². The van der Waals surface area contributed by atoms with E-state index in [4.69, 9.17) is 0 Å². The molecule has 0 radical (unpaired) electrons. The fraction of sp³-hybridized carbons (Fsp3) is 1.00. The van der Waals surface area contributed by atoms with Crippen LogP contribution in [0.3, 0.4) is 0 Å². The van der Waals surface area contributed by atoms with Gasteiger partial charge in [-0.3, -0.25) is 0 Å². The summed E-state index contributed by atoms with van der Waals surface area (Å²) >= 11 is 0. The lowest BCUT2D eigenvalue weighted by atomic mass is 9.86. The topological polar surface area (TPSA) is 3.24 Å². The largest absolute Gasteiger partial charge is 0.300 e. The van der Waals surface area contributed by atoms with Crippen molar-refractivity contribution in [1.29, 1.82) is 0 Å². The number of nitrogens with zero attached hydrogens (tertiary/aromatic N) is 1. The van der Waals surface area contributed by atoms with E-state index in [1.165, 1.54) is 51.6 Å². The van der Waals surface area contributed by atoms with E-state index in [2.05, 4.69) is 18.7 Å². The fourth-order valence-electron chi connectivity index (χ4n) is 3.20. The maximum absolute atomic E-state index is 2.77. The van der Waals surface area contributed by atoms with Crippen molar-refractivity contribution in [3.05, 3.63) is 0 Å². The fourth-order valence-corrected chi connectivity index (χ4v) is 3.20. The number of fused-ring (bicyclic) bond motifs is 4. The molecule has 3 heterocycles. The lowest BCUT2D eigenvalue weighted by Gasteiger charge is -2.37. The number of hydrogen-bond acceptors (Lipinski definition) is 1. The normalized spacial score (nSPS) is 39.4. The molecule has 14 heavy (non-hydrogen) atoms. The highest BCUT2D eigenvalue weighted by atomic mass is 15.2. The van der Waals surface area contributed by atoms with Gasteiger partial charge in [-0.05, 0) is 57.0 Å². The smallest absolute Gasteiger partial charge is 0.0100 e. The third-order valence-corrected chi connectivity index (χ3v) is 4.38. The Labute approximate surface area is 88.9 Å². The average Bonchev–Trinajstić information content (AvgIpc) is 2.52. The molecule has 2 bridgehead atoms. The summed E-state index contributed by atoms with van der Waals surface area (Å²) in [6.45, 7) is 7.53. The Balaban J connectivity index is 1.92. The van der Waals surface area contributed by atoms with Crippen molar-refractivity contribution in [3.8, 4) is 0 Å². The molecule has 0 aromatic carbocycles. The molecule has 1 nitrogen and oxygen atoms in total. The van der Waals surface area contributed by atoms with Gasteiger partial charge in [0.05, 0.1) is 0 Å². The molecule has 0 amide bonds. The van der Waals surface area contributed by atoms with Gasteiger partial charge in [0, 0.05) is 6.04 Å². The van der Waals surface area contributed by atoms with E-state index in [0.717, 1.165) is 17.9 Å². The molecule has 4 atom stereocenters. The summed E-state index contributed by atoms with van der Waals surface area (Å²) in [4.78, 5) is 2.77. The lowest BCUT2D eigenvalue weighted by Crippen LogP contribution is -2.41. The summed E-state index contributed by atoms with van der Waals surface area (Å²) in [6.07, 6.45) is 8.76. The Bertz CT molecular complexity index is 174. The summed E-state index contributed by atoms with van der Waals surface area (Å²) in [6, 6.07) is 0.936. The van der Waals surface area contributed by atoms with Gasteiger partial charge in [-0.2, -0.15) is 0 Å². The van der Waals surface area contributed by atoms with Crippen LogP contribution in [0.1, 0.15) is 52.4 Å². The first kappa shape index (κ1) is 10.5. The van der Waals surface area contributed by atoms with Crippen LogP contribution >= 0.6 is 0 Å². The van der Waals surface area contributed by atoms with Crippen LogP contribution in [0.5, 0.6) is 0 Å². The van der Waals surface area contributed by atoms with Gasteiger partial charge >= 0.3 is 0 Å². The zero-order chi connectivity index (χ0) is 9.97. The van der Waals surface area contributed by atoms with Gasteiger partial charge in [0.1, 0.15) is 0 Å². The Kier molecular flexibility index (Phi) is 3.48. The van der Waals surface area contributed by atoms with E-state index < -0.39 is 0 Å². The molecule has 0 spiro atoms. The van der Waals surface area contributed by atoms with Crippen LogP contribution in [0.2, 0.25) is 0 Å². The average molecular weight is 195 g/mol. The quantitative estimate of drug-likeness (QED) is 0.668. The van der Waals surface area contributed by atoms with Crippen molar-refractivity contribution in [2.24, 2.45) is 11.8 Å². The van der Waals surface area contributed by atoms with E-state index in [1.807, 2.05) is 0 Å². The molecule has 3 aliphatic rings. The van der Waals surface area contributed by atoms with Gasteiger partial charge in [0.25, 0.3) is 0 Å². The molecule has 4 unspecified atom stereocenters. The van der Waals surface area contributed by atoms with E-state index in [1.54, 1.807) is 0 Å². The molecule has 0 aromatic rings. The minimum Gasteiger partial charge on any atom is -0.300 e. The highest BCUT2D eigenvalue weighted by Gasteiger charge is 2.31. The van der Waals surface area contributed by atoms with Crippen LogP contribution < -0.4 is 0 Å². The molecule has 3 fully saturated rings. The van der Waals surface area contributed by atoms with Gasteiger partial charge in [-0.1, -0.05) is 20.3 Å². The molecule has 82 valence electrons. The zero-order valence-corrected chi connectivity index (χ0v) is 9.84. The Morgan fingerprint density at radius 1 is 1.29 bits per heavy atom. The van der Waals surface area contributed by atoms with E-state index in [0.29, 0.717) is 0 Å². The van der Waals surface area contributed by atoms with Gasteiger partial charge in [0.15, 0.2) is 0 Å². The number of rotatable bonds is 3. The van der Waals surface area contributed by atoms with Crippen LogP contribution in [0.15, 0.2) is 0 Å². The third-order valence-electron chi connectivity index (χ3n) is 4.38. The predicted octanol–water partition coefficient (Wildman–Crippen LogP) is 3.30. The van der Waals surface area contributed by atoms with Crippen molar-refractivity contribution in [1.82, 2.24) is 4.90 Å². The molecule has 0 N–H and O–H groups in total. The maximum Gasteiger partial charge on any atom is 0.0100 e. The van der Waals surface area contributed by atoms with Crippen LogP contribution in [0, 0.1) is 11.8 Å². The minimum atomic E-state index is 0.930. The Hall–Kier alpha value is -0.0400. The van der Waals surface area contributed by atoms with Crippen molar-refractivity contribution in [2.45, 2.75) is 58.4 Å². The van der Waals surface area contributed by atoms with Gasteiger partial charge in [-0.25, -0.2) is 0 Å². The zero-order valence-electron chi connectivity index (χ0n) is 9.84. The lowest BCUT2D eigenvalue weighted by molar-refractivity contribution is 0.122. The molecule has 0 saturated carbocycles. The monoisotopic (exact) mass is 195 g/mol. The molecule has 1 heteroatoms. The second kappa shape index (κ2) is 4.65. The van der Waals surface area contributed by atoms with Crippen molar-refractivity contribution in [2.75, 3.05) is 13.1 Å². The molecule has 3 aliphatic heterocycles. The van der Waals surface area contributed by atoms with Crippen molar-refractivity contribution in [3.63, 3.8) is 0 Å². The molecular weight excluding hydrogens is 170 g/mol. The minimum absolute atomic E-state index is 0.930. The van der Waals surface area contributed by atoms with Crippen LogP contribution in [-0.2, 0) is 0 Å². The standard InChI is InChI=1S/C13H25N/c1-3-11(2)9-13-10-12-5-4-7-14(13)8-6-12/h11-13H,3-10H2,1-2H3. The second-order valence-electron chi connectivity index (χ2n) is 5.47. The van der Waals surface area contributed by atoms with Gasteiger partial charge in [-0.15, -0.1) is 0 Å². The Morgan fingerprint density at radius 2 is 2.14 bits per heavy atom. The summed E-state index contributed by atoms with van der Waals surface area (Å²) < 4.78 is 0. The van der Waals surface area contributed by atoms with E-state index in [-0.39, 0.29) is 0 Å². The molecule has 0 aromatic heterocycles. The van der Waals surface area contributed by atoms with Crippen LogP contribution in [0.4, 0.5) is 0 Å².